The highest BCUT2D eigenvalue weighted by Gasteiger charge is 2.23. The number of ether oxygens (including phenoxy) is 3. The summed E-state index contributed by atoms with van der Waals surface area (Å²) in [6.07, 6.45) is 1.21. The maximum Gasteiger partial charge on any atom is 0.307 e. The highest BCUT2D eigenvalue weighted by atomic mass is 35.5. The lowest BCUT2D eigenvalue weighted by molar-refractivity contribution is -0.155. The maximum absolute atomic E-state index is 12.0. The number of rotatable bonds is 8. The summed E-state index contributed by atoms with van der Waals surface area (Å²) in [7, 11) is 0. The van der Waals surface area contributed by atoms with Gasteiger partial charge in [0.1, 0.15) is 18.0 Å². The van der Waals surface area contributed by atoms with E-state index in [0.717, 1.165) is 42.0 Å². The standard InChI is InChI=1S/C26H33Cl2NO4/c1-5-18-14-22(27)21(23(28)15-18)17-32-20-8-6-19(7-9-20)24-16-29(12-13-31-24)11-10-25(30)33-26(2,3)4/h6-9,14-15,24H,5,10-13,16-17H2,1-4H3. The van der Waals surface area contributed by atoms with Crippen LogP contribution in [0.15, 0.2) is 36.4 Å². The Hall–Kier alpha value is -1.79. The second kappa shape index (κ2) is 11.6. The van der Waals surface area contributed by atoms with Crippen molar-refractivity contribution in [1.29, 1.82) is 0 Å². The van der Waals surface area contributed by atoms with Gasteiger partial charge in [0, 0.05) is 35.2 Å². The fourth-order valence-electron chi connectivity index (χ4n) is 3.68. The van der Waals surface area contributed by atoms with E-state index in [1.54, 1.807) is 0 Å². The smallest absolute Gasteiger partial charge is 0.307 e. The third-order valence-electron chi connectivity index (χ3n) is 5.45. The van der Waals surface area contributed by atoms with Gasteiger partial charge in [0.15, 0.2) is 0 Å². The first kappa shape index (κ1) is 25.8. The fraction of sp³-hybridized carbons (Fsp3) is 0.500. The topological polar surface area (TPSA) is 48.0 Å². The summed E-state index contributed by atoms with van der Waals surface area (Å²) in [5, 5.41) is 1.25. The lowest BCUT2D eigenvalue weighted by Gasteiger charge is -2.33. The molecule has 7 heteroatoms. The molecule has 1 aliphatic rings. The number of hydrogen-bond donors (Lipinski definition) is 0. The normalized spacial score (nSPS) is 17.1. The summed E-state index contributed by atoms with van der Waals surface area (Å²) in [6, 6.07) is 11.8. The van der Waals surface area contributed by atoms with Crippen LogP contribution in [0.3, 0.4) is 0 Å². The third-order valence-corrected chi connectivity index (χ3v) is 6.12. The van der Waals surface area contributed by atoms with Crippen molar-refractivity contribution in [2.45, 2.75) is 58.8 Å². The van der Waals surface area contributed by atoms with E-state index in [1.165, 1.54) is 0 Å². The molecule has 0 amide bonds. The zero-order valence-electron chi connectivity index (χ0n) is 19.8. The van der Waals surface area contributed by atoms with Crippen LogP contribution in [0.25, 0.3) is 0 Å². The van der Waals surface area contributed by atoms with E-state index in [4.69, 9.17) is 37.4 Å². The molecule has 2 aromatic rings. The first-order chi connectivity index (χ1) is 15.6. The van der Waals surface area contributed by atoms with Crippen molar-refractivity contribution in [2.75, 3.05) is 26.2 Å². The Labute approximate surface area is 206 Å². The van der Waals surface area contributed by atoms with Gasteiger partial charge >= 0.3 is 5.97 Å². The van der Waals surface area contributed by atoms with Gasteiger partial charge in [-0.1, -0.05) is 42.3 Å². The molecule has 5 nitrogen and oxygen atoms in total. The number of halogens is 2. The monoisotopic (exact) mass is 493 g/mol. The first-order valence-corrected chi connectivity index (χ1v) is 12.2. The number of nitrogens with zero attached hydrogens (tertiary/aromatic N) is 1. The summed E-state index contributed by atoms with van der Waals surface area (Å²) in [6.45, 7) is 10.8. The molecular formula is C26H33Cl2NO4. The largest absolute Gasteiger partial charge is 0.489 e. The number of aryl methyl sites for hydroxylation is 1. The Morgan fingerprint density at radius 3 is 2.42 bits per heavy atom. The molecule has 1 fully saturated rings. The van der Waals surface area contributed by atoms with Crippen LogP contribution in [0.4, 0.5) is 0 Å². The molecule has 1 unspecified atom stereocenters. The summed E-state index contributed by atoms with van der Waals surface area (Å²) in [4.78, 5) is 14.3. The van der Waals surface area contributed by atoms with E-state index >= 15 is 0 Å². The number of esters is 1. The molecule has 0 radical (unpaired) electrons. The molecule has 0 spiro atoms. The summed E-state index contributed by atoms with van der Waals surface area (Å²) in [5.74, 6) is 0.569. The van der Waals surface area contributed by atoms with E-state index < -0.39 is 5.60 Å². The van der Waals surface area contributed by atoms with E-state index in [0.29, 0.717) is 36.2 Å². The van der Waals surface area contributed by atoms with Crippen molar-refractivity contribution in [1.82, 2.24) is 4.90 Å². The molecule has 0 bridgehead atoms. The zero-order chi connectivity index (χ0) is 24.0. The molecule has 0 aromatic heterocycles. The number of benzene rings is 2. The Morgan fingerprint density at radius 1 is 1.15 bits per heavy atom. The van der Waals surface area contributed by atoms with Crippen LogP contribution in [0.2, 0.25) is 10.0 Å². The van der Waals surface area contributed by atoms with E-state index in [9.17, 15) is 4.79 Å². The van der Waals surface area contributed by atoms with Crippen molar-refractivity contribution in [3.63, 3.8) is 0 Å². The van der Waals surface area contributed by atoms with Crippen LogP contribution < -0.4 is 4.74 Å². The lowest BCUT2D eigenvalue weighted by atomic mass is 10.1. The average molecular weight is 494 g/mol. The zero-order valence-corrected chi connectivity index (χ0v) is 21.3. The molecule has 0 aliphatic carbocycles. The molecule has 1 saturated heterocycles. The van der Waals surface area contributed by atoms with Crippen molar-refractivity contribution < 1.29 is 19.0 Å². The van der Waals surface area contributed by atoms with Crippen LogP contribution in [-0.2, 0) is 27.3 Å². The van der Waals surface area contributed by atoms with Gasteiger partial charge in [0.2, 0.25) is 0 Å². The minimum absolute atomic E-state index is 0.0445. The Kier molecular flexibility index (Phi) is 9.05. The first-order valence-electron chi connectivity index (χ1n) is 11.4. The minimum atomic E-state index is -0.454. The van der Waals surface area contributed by atoms with Gasteiger partial charge in [-0.2, -0.15) is 0 Å². The van der Waals surface area contributed by atoms with Gasteiger partial charge in [-0.25, -0.2) is 0 Å². The number of carbonyl (C=O) groups is 1. The minimum Gasteiger partial charge on any atom is -0.489 e. The van der Waals surface area contributed by atoms with Crippen LogP contribution in [0.5, 0.6) is 5.75 Å². The number of hydrogen-bond acceptors (Lipinski definition) is 5. The van der Waals surface area contributed by atoms with Crippen LogP contribution in [0, 0.1) is 0 Å². The predicted octanol–water partition coefficient (Wildman–Crippen LogP) is 6.24. The number of carbonyl (C=O) groups excluding carboxylic acids is 1. The third kappa shape index (κ3) is 7.89. The van der Waals surface area contributed by atoms with Gasteiger partial charge < -0.3 is 14.2 Å². The summed E-state index contributed by atoms with van der Waals surface area (Å²) >= 11 is 12.8. The second-order valence-electron chi connectivity index (χ2n) is 9.25. The quantitative estimate of drug-likeness (QED) is 0.407. The van der Waals surface area contributed by atoms with Crippen molar-refractivity contribution in [2.24, 2.45) is 0 Å². The van der Waals surface area contributed by atoms with Crippen LogP contribution in [-0.4, -0.2) is 42.7 Å². The number of morpholine rings is 1. The van der Waals surface area contributed by atoms with Gasteiger partial charge in [-0.15, -0.1) is 0 Å². The molecule has 0 N–H and O–H groups in total. The van der Waals surface area contributed by atoms with Crippen molar-refractivity contribution >= 4 is 29.2 Å². The van der Waals surface area contributed by atoms with E-state index in [1.807, 2.05) is 57.2 Å². The summed E-state index contributed by atoms with van der Waals surface area (Å²) < 4.78 is 17.3. The SMILES string of the molecule is CCc1cc(Cl)c(COc2ccc(C3CN(CCC(=O)OC(C)(C)C)CCO3)cc2)c(Cl)c1. The van der Waals surface area contributed by atoms with Gasteiger partial charge in [-0.3, -0.25) is 9.69 Å². The molecular weight excluding hydrogens is 461 g/mol. The molecule has 1 aliphatic heterocycles. The fourth-order valence-corrected chi connectivity index (χ4v) is 4.32. The maximum atomic E-state index is 12.0. The molecule has 3 rings (SSSR count). The van der Waals surface area contributed by atoms with Gasteiger partial charge in [-0.05, 0) is 62.6 Å². The van der Waals surface area contributed by atoms with Crippen molar-refractivity contribution in [3.8, 4) is 5.75 Å². The predicted molar refractivity (Wildman–Crippen MR) is 132 cm³/mol. The second-order valence-corrected chi connectivity index (χ2v) is 10.1. The van der Waals surface area contributed by atoms with Crippen LogP contribution in [0.1, 0.15) is 56.9 Å². The highest BCUT2D eigenvalue weighted by Crippen LogP contribution is 2.29. The van der Waals surface area contributed by atoms with Crippen LogP contribution >= 0.6 is 23.2 Å². The molecule has 180 valence electrons. The van der Waals surface area contributed by atoms with E-state index in [-0.39, 0.29) is 12.1 Å². The van der Waals surface area contributed by atoms with Crippen molar-refractivity contribution in [3.05, 3.63) is 63.1 Å². The van der Waals surface area contributed by atoms with Gasteiger partial charge in [0.25, 0.3) is 0 Å². The Morgan fingerprint density at radius 2 is 1.82 bits per heavy atom. The lowest BCUT2D eigenvalue weighted by Crippen LogP contribution is -2.39. The Bertz CT molecular complexity index is 917. The average Bonchev–Trinajstić information content (AvgIpc) is 2.76. The summed E-state index contributed by atoms with van der Waals surface area (Å²) in [5.41, 5.74) is 2.51. The Balaban J connectivity index is 1.53. The molecule has 2 aromatic carbocycles. The van der Waals surface area contributed by atoms with Gasteiger partial charge in [0.05, 0.1) is 19.1 Å². The molecule has 0 saturated carbocycles. The van der Waals surface area contributed by atoms with E-state index in [2.05, 4.69) is 11.8 Å². The molecule has 33 heavy (non-hydrogen) atoms. The highest BCUT2D eigenvalue weighted by molar-refractivity contribution is 6.36. The molecule has 1 atom stereocenters. The molecule has 1 heterocycles.